The Hall–Kier alpha value is -1.56. The third-order valence-corrected chi connectivity index (χ3v) is 3.59. The van der Waals surface area contributed by atoms with Crippen molar-refractivity contribution in [2.45, 2.75) is 31.5 Å². The van der Waals surface area contributed by atoms with Gasteiger partial charge < -0.3 is 10.4 Å². The quantitative estimate of drug-likeness (QED) is 0.897. The summed E-state index contributed by atoms with van der Waals surface area (Å²) in [6, 6.07) is 5.01. The van der Waals surface area contributed by atoms with E-state index in [4.69, 9.17) is 5.11 Å². The maximum atomic E-state index is 12.7. The van der Waals surface area contributed by atoms with E-state index in [1.807, 2.05) is 0 Å². The number of rotatable bonds is 3. The lowest BCUT2D eigenvalue weighted by Crippen LogP contribution is -2.32. The number of nitrogens with one attached hydrogen (secondary N) is 1. The Labute approximate surface area is 114 Å². The zero-order valence-corrected chi connectivity index (χ0v) is 10.8. The second-order valence-electron chi connectivity index (χ2n) is 5.12. The third-order valence-electron chi connectivity index (χ3n) is 3.59. The molecule has 1 aromatic carbocycles. The van der Waals surface area contributed by atoms with Gasteiger partial charge >= 0.3 is 12.1 Å². The summed E-state index contributed by atoms with van der Waals surface area (Å²) in [5.74, 6) is -0.854. The minimum absolute atomic E-state index is 0.00768. The molecular formula is C14H16F3NO2. The minimum Gasteiger partial charge on any atom is -0.481 e. The second-order valence-corrected chi connectivity index (χ2v) is 5.12. The highest BCUT2D eigenvalue weighted by Gasteiger charge is 2.32. The fourth-order valence-corrected chi connectivity index (χ4v) is 2.61. The SMILES string of the molecule is O=C(O)CC1CCNC(c2cccc(C(F)(F)F)c2)C1. The van der Waals surface area contributed by atoms with Crippen LogP contribution in [-0.2, 0) is 11.0 Å². The average molecular weight is 287 g/mol. The van der Waals surface area contributed by atoms with Crippen LogP contribution < -0.4 is 5.32 Å². The van der Waals surface area contributed by atoms with Crippen molar-refractivity contribution in [1.29, 1.82) is 0 Å². The second kappa shape index (κ2) is 5.83. The number of hydrogen-bond acceptors (Lipinski definition) is 2. The van der Waals surface area contributed by atoms with Crippen molar-refractivity contribution < 1.29 is 23.1 Å². The van der Waals surface area contributed by atoms with Crippen LogP contribution in [0.4, 0.5) is 13.2 Å². The van der Waals surface area contributed by atoms with Crippen molar-refractivity contribution in [1.82, 2.24) is 5.32 Å². The molecule has 6 heteroatoms. The predicted octanol–water partition coefficient (Wildman–Crippen LogP) is 3.22. The van der Waals surface area contributed by atoms with Crippen LogP contribution in [0.25, 0.3) is 0 Å². The molecule has 110 valence electrons. The molecule has 1 heterocycles. The Morgan fingerprint density at radius 3 is 2.80 bits per heavy atom. The van der Waals surface area contributed by atoms with E-state index < -0.39 is 17.7 Å². The van der Waals surface area contributed by atoms with Crippen LogP contribution >= 0.6 is 0 Å². The molecular weight excluding hydrogens is 271 g/mol. The number of aliphatic carboxylic acids is 1. The Morgan fingerprint density at radius 1 is 1.40 bits per heavy atom. The molecule has 0 spiro atoms. The van der Waals surface area contributed by atoms with Gasteiger partial charge in [0.25, 0.3) is 0 Å². The molecule has 2 unspecified atom stereocenters. The smallest absolute Gasteiger partial charge is 0.416 e. The molecule has 2 rings (SSSR count). The predicted molar refractivity (Wildman–Crippen MR) is 67.2 cm³/mol. The number of carboxylic acid groups (broad SMARTS) is 1. The van der Waals surface area contributed by atoms with Crippen molar-refractivity contribution >= 4 is 5.97 Å². The molecule has 0 bridgehead atoms. The van der Waals surface area contributed by atoms with Gasteiger partial charge in [-0.15, -0.1) is 0 Å². The van der Waals surface area contributed by atoms with E-state index in [1.54, 1.807) is 6.07 Å². The van der Waals surface area contributed by atoms with Gasteiger partial charge in [-0.2, -0.15) is 13.2 Å². The molecule has 1 aliphatic rings. The van der Waals surface area contributed by atoms with Gasteiger partial charge in [0.05, 0.1) is 5.56 Å². The number of hydrogen-bond donors (Lipinski definition) is 2. The topological polar surface area (TPSA) is 49.3 Å². The molecule has 0 saturated carbocycles. The van der Waals surface area contributed by atoms with Crippen LogP contribution in [0.15, 0.2) is 24.3 Å². The van der Waals surface area contributed by atoms with Crippen molar-refractivity contribution in [3.8, 4) is 0 Å². The molecule has 1 fully saturated rings. The number of halogens is 3. The van der Waals surface area contributed by atoms with Crippen LogP contribution in [0.2, 0.25) is 0 Å². The first-order chi connectivity index (χ1) is 9.36. The number of benzene rings is 1. The van der Waals surface area contributed by atoms with Gasteiger partial charge in [-0.1, -0.05) is 12.1 Å². The summed E-state index contributed by atoms with van der Waals surface area (Å²) in [4.78, 5) is 10.7. The maximum absolute atomic E-state index is 12.7. The van der Waals surface area contributed by atoms with Crippen molar-refractivity contribution in [3.63, 3.8) is 0 Å². The Bertz CT molecular complexity index is 488. The van der Waals surface area contributed by atoms with Crippen LogP contribution in [0.3, 0.4) is 0 Å². The van der Waals surface area contributed by atoms with E-state index in [0.717, 1.165) is 18.6 Å². The highest BCUT2D eigenvalue weighted by molar-refractivity contribution is 5.67. The first kappa shape index (κ1) is 14.8. The summed E-state index contributed by atoms with van der Waals surface area (Å²) in [6.45, 7) is 0.624. The summed E-state index contributed by atoms with van der Waals surface area (Å²) < 4.78 is 38.1. The molecule has 20 heavy (non-hydrogen) atoms. The Kier molecular flexibility index (Phi) is 4.32. The summed E-state index contributed by atoms with van der Waals surface area (Å²) in [6.07, 6.45) is -3.00. The Balaban J connectivity index is 2.13. The van der Waals surface area contributed by atoms with Crippen LogP contribution in [0.5, 0.6) is 0 Å². The van der Waals surface area contributed by atoms with E-state index in [-0.39, 0.29) is 18.4 Å². The summed E-state index contributed by atoms with van der Waals surface area (Å²) in [5, 5.41) is 12.0. The Morgan fingerprint density at radius 2 is 2.15 bits per heavy atom. The molecule has 0 radical (unpaired) electrons. The number of piperidine rings is 1. The van der Waals surface area contributed by atoms with Crippen LogP contribution in [0.1, 0.15) is 36.4 Å². The zero-order valence-electron chi connectivity index (χ0n) is 10.8. The highest BCUT2D eigenvalue weighted by Crippen LogP contribution is 2.34. The molecule has 0 amide bonds. The van der Waals surface area contributed by atoms with Crippen LogP contribution in [0, 0.1) is 5.92 Å². The van der Waals surface area contributed by atoms with Gasteiger partial charge in [0.15, 0.2) is 0 Å². The highest BCUT2D eigenvalue weighted by atomic mass is 19.4. The fraction of sp³-hybridized carbons (Fsp3) is 0.500. The van der Waals surface area contributed by atoms with Crippen LogP contribution in [-0.4, -0.2) is 17.6 Å². The summed E-state index contributed by atoms with van der Waals surface area (Å²) in [5.41, 5.74) is -0.105. The number of carbonyl (C=O) groups is 1. The van der Waals surface area contributed by atoms with E-state index in [1.165, 1.54) is 6.07 Å². The monoisotopic (exact) mass is 287 g/mol. The number of carboxylic acids is 1. The normalized spacial score (nSPS) is 23.6. The average Bonchev–Trinajstić information content (AvgIpc) is 2.37. The molecule has 3 nitrogen and oxygen atoms in total. The molecule has 2 atom stereocenters. The molecule has 1 aromatic rings. The van der Waals surface area contributed by atoms with E-state index in [2.05, 4.69) is 5.32 Å². The lowest BCUT2D eigenvalue weighted by molar-refractivity contribution is -0.138. The maximum Gasteiger partial charge on any atom is 0.416 e. The van der Waals surface area contributed by atoms with Gasteiger partial charge in [-0.25, -0.2) is 0 Å². The van der Waals surface area contributed by atoms with E-state index in [9.17, 15) is 18.0 Å². The molecule has 1 saturated heterocycles. The number of alkyl halides is 3. The molecule has 2 N–H and O–H groups in total. The van der Waals surface area contributed by atoms with E-state index in [0.29, 0.717) is 18.5 Å². The molecule has 0 aliphatic carbocycles. The van der Waals surface area contributed by atoms with Gasteiger partial charge in [0, 0.05) is 12.5 Å². The van der Waals surface area contributed by atoms with Crippen molar-refractivity contribution in [2.24, 2.45) is 5.92 Å². The van der Waals surface area contributed by atoms with Gasteiger partial charge in [0.2, 0.25) is 0 Å². The van der Waals surface area contributed by atoms with Gasteiger partial charge in [0.1, 0.15) is 0 Å². The van der Waals surface area contributed by atoms with Crippen molar-refractivity contribution in [3.05, 3.63) is 35.4 Å². The van der Waals surface area contributed by atoms with E-state index >= 15 is 0 Å². The minimum atomic E-state index is -4.36. The largest absolute Gasteiger partial charge is 0.481 e. The fourth-order valence-electron chi connectivity index (χ4n) is 2.61. The summed E-state index contributed by atoms with van der Waals surface area (Å²) >= 11 is 0. The lowest BCUT2D eigenvalue weighted by Gasteiger charge is -2.30. The standard InChI is InChI=1S/C14H16F3NO2/c15-14(16,17)11-3-1-2-10(8-11)12-6-9(4-5-18-12)7-13(19)20/h1-3,8-9,12,18H,4-7H2,(H,19,20). The first-order valence-corrected chi connectivity index (χ1v) is 6.48. The van der Waals surface area contributed by atoms with Gasteiger partial charge in [-0.05, 0) is 43.0 Å². The third kappa shape index (κ3) is 3.72. The van der Waals surface area contributed by atoms with Crippen molar-refractivity contribution in [2.75, 3.05) is 6.54 Å². The molecule has 0 aromatic heterocycles. The lowest BCUT2D eigenvalue weighted by atomic mass is 9.86. The van der Waals surface area contributed by atoms with Gasteiger partial charge in [-0.3, -0.25) is 4.79 Å². The first-order valence-electron chi connectivity index (χ1n) is 6.48. The zero-order chi connectivity index (χ0) is 14.8. The summed E-state index contributed by atoms with van der Waals surface area (Å²) in [7, 11) is 0. The molecule has 1 aliphatic heterocycles.